The van der Waals surface area contributed by atoms with Crippen molar-refractivity contribution in [2.45, 2.75) is 26.4 Å². The highest BCUT2D eigenvalue weighted by Gasteiger charge is 2.24. The molecule has 1 aliphatic rings. The number of benzene rings is 1. The Labute approximate surface area is 112 Å². The molecule has 0 radical (unpaired) electrons. The summed E-state index contributed by atoms with van der Waals surface area (Å²) >= 11 is 0. The van der Waals surface area contributed by atoms with E-state index in [2.05, 4.69) is 5.32 Å². The summed E-state index contributed by atoms with van der Waals surface area (Å²) in [6.45, 7) is 4.73. The van der Waals surface area contributed by atoms with Gasteiger partial charge in [0.25, 0.3) is 0 Å². The number of rotatable bonds is 5. The van der Waals surface area contributed by atoms with Crippen molar-refractivity contribution in [1.29, 1.82) is 0 Å². The van der Waals surface area contributed by atoms with E-state index < -0.39 is 0 Å². The van der Waals surface area contributed by atoms with Crippen LogP contribution in [0.25, 0.3) is 0 Å². The zero-order valence-electron chi connectivity index (χ0n) is 11.4. The Morgan fingerprint density at radius 1 is 1.42 bits per heavy atom. The van der Waals surface area contributed by atoms with Gasteiger partial charge in [-0.1, -0.05) is 26.0 Å². The van der Waals surface area contributed by atoms with Crippen LogP contribution in [0.5, 0.6) is 11.5 Å². The Hall–Kier alpha value is -1.75. The largest absolute Gasteiger partial charge is 0.468 e. The number of fused-ring (bicyclic) bond motifs is 1. The summed E-state index contributed by atoms with van der Waals surface area (Å²) in [6.07, 6.45) is 0. The Kier molecular flexibility index (Phi) is 4.27. The lowest BCUT2D eigenvalue weighted by atomic mass is 10.0. The number of ether oxygens (including phenoxy) is 3. The zero-order chi connectivity index (χ0) is 13.8. The Morgan fingerprint density at radius 2 is 2.21 bits per heavy atom. The lowest BCUT2D eigenvalue weighted by Gasteiger charge is -2.20. The van der Waals surface area contributed by atoms with E-state index in [0.717, 1.165) is 17.1 Å². The molecule has 19 heavy (non-hydrogen) atoms. The molecule has 1 atom stereocenters. The van der Waals surface area contributed by atoms with Crippen LogP contribution >= 0.6 is 0 Å². The molecule has 0 saturated heterocycles. The minimum atomic E-state index is -0.330. The molecule has 0 amide bonds. The van der Waals surface area contributed by atoms with E-state index in [1.54, 1.807) is 0 Å². The van der Waals surface area contributed by atoms with Crippen molar-refractivity contribution < 1.29 is 19.0 Å². The molecule has 1 aromatic carbocycles. The van der Waals surface area contributed by atoms with Gasteiger partial charge in [-0.05, 0) is 12.0 Å². The van der Waals surface area contributed by atoms with Gasteiger partial charge in [0, 0.05) is 12.1 Å². The predicted octanol–water partition coefficient (Wildman–Crippen LogP) is 1.70. The van der Waals surface area contributed by atoms with Crippen LogP contribution in [0.15, 0.2) is 18.2 Å². The molecule has 0 fully saturated rings. The van der Waals surface area contributed by atoms with Crippen LogP contribution in [0.1, 0.15) is 19.4 Å². The van der Waals surface area contributed by atoms with Crippen LogP contribution in [-0.2, 0) is 16.1 Å². The second-order valence-electron chi connectivity index (χ2n) is 4.78. The van der Waals surface area contributed by atoms with Crippen molar-refractivity contribution in [3.63, 3.8) is 0 Å². The number of nitrogens with one attached hydrogen (secondary N) is 1. The second kappa shape index (κ2) is 5.93. The smallest absolute Gasteiger partial charge is 0.323 e. The number of hydrogen-bond acceptors (Lipinski definition) is 5. The summed E-state index contributed by atoms with van der Waals surface area (Å²) in [4.78, 5) is 11.7. The highest BCUT2D eigenvalue weighted by atomic mass is 16.7. The molecule has 5 nitrogen and oxygen atoms in total. The van der Waals surface area contributed by atoms with Crippen LogP contribution in [0.3, 0.4) is 0 Å². The maximum absolute atomic E-state index is 11.7. The molecule has 0 bridgehead atoms. The van der Waals surface area contributed by atoms with Crippen molar-refractivity contribution in [3.05, 3.63) is 23.8 Å². The first-order chi connectivity index (χ1) is 9.13. The number of para-hydroxylation sites is 1. The topological polar surface area (TPSA) is 56.8 Å². The third-order valence-electron chi connectivity index (χ3n) is 3.11. The number of carbonyl (C=O) groups excluding carboxylic acids is 1. The maximum Gasteiger partial charge on any atom is 0.323 e. The van der Waals surface area contributed by atoms with E-state index in [-0.39, 0.29) is 24.7 Å². The van der Waals surface area contributed by atoms with Gasteiger partial charge >= 0.3 is 5.97 Å². The molecule has 0 aromatic heterocycles. The Balaban J connectivity index is 2.05. The highest BCUT2D eigenvalue weighted by molar-refractivity contribution is 5.75. The van der Waals surface area contributed by atoms with E-state index >= 15 is 0 Å². The van der Waals surface area contributed by atoms with Crippen LogP contribution < -0.4 is 14.8 Å². The van der Waals surface area contributed by atoms with E-state index in [0.29, 0.717) is 6.54 Å². The molecule has 1 aliphatic heterocycles. The SMILES string of the molecule is COC(=O)[C@@H](NCc1cccc2c1OCO2)C(C)C. The molecule has 104 valence electrons. The Morgan fingerprint density at radius 3 is 2.89 bits per heavy atom. The summed E-state index contributed by atoms with van der Waals surface area (Å²) in [7, 11) is 1.40. The van der Waals surface area contributed by atoms with Crippen molar-refractivity contribution in [3.8, 4) is 11.5 Å². The fourth-order valence-electron chi connectivity index (χ4n) is 2.07. The number of methoxy groups -OCH3 is 1. The first kappa shape index (κ1) is 13.7. The van der Waals surface area contributed by atoms with E-state index in [1.165, 1.54) is 7.11 Å². The van der Waals surface area contributed by atoms with Gasteiger partial charge in [-0.3, -0.25) is 10.1 Å². The van der Waals surface area contributed by atoms with Crippen LogP contribution in [-0.4, -0.2) is 25.9 Å². The van der Waals surface area contributed by atoms with E-state index in [9.17, 15) is 4.79 Å². The van der Waals surface area contributed by atoms with Crippen molar-refractivity contribution in [2.75, 3.05) is 13.9 Å². The third kappa shape index (κ3) is 2.98. The van der Waals surface area contributed by atoms with Gasteiger partial charge in [-0.2, -0.15) is 0 Å². The molecule has 0 saturated carbocycles. The van der Waals surface area contributed by atoms with Gasteiger partial charge in [0.2, 0.25) is 6.79 Å². The maximum atomic E-state index is 11.7. The highest BCUT2D eigenvalue weighted by Crippen LogP contribution is 2.35. The molecule has 5 heteroatoms. The molecule has 1 heterocycles. The van der Waals surface area contributed by atoms with Gasteiger partial charge in [-0.25, -0.2) is 0 Å². The first-order valence-electron chi connectivity index (χ1n) is 6.32. The third-order valence-corrected chi connectivity index (χ3v) is 3.11. The second-order valence-corrected chi connectivity index (χ2v) is 4.78. The number of carbonyl (C=O) groups is 1. The van der Waals surface area contributed by atoms with Gasteiger partial charge in [-0.15, -0.1) is 0 Å². The molecular formula is C14H19NO4. The van der Waals surface area contributed by atoms with Crippen molar-refractivity contribution in [2.24, 2.45) is 5.92 Å². The molecule has 2 rings (SSSR count). The van der Waals surface area contributed by atoms with Gasteiger partial charge in [0.15, 0.2) is 11.5 Å². The molecule has 1 N–H and O–H groups in total. The van der Waals surface area contributed by atoms with Crippen LogP contribution in [0, 0.1) is 5.92 Å². The summed E-state index contributed by atoms with van der Waals surface area (Å²) in [5.74, 6) is 1.40. The summed E-state index contributed by atoms with van der Waals surface area (Å²) < 4.78 is 15.5. The summed E-state index contributed by atoms with van der Waals surface area (Å²) in [6, 6.07) is 5.40. The molecule has 0 unspecified atom stereocenters. The lowest BCUT2D eigenvalue weighted by molar-refractivity contribution is -0.144. The van der Waals surface area contributed by atoms with Gasteiger partial charge < -0.3 is 14.2 Å². The Bertz CT molecular complexity index is 459. The van der Waals surface area contributed by atoms with E-state index in [1.807, 2.05) is 32.0 Å². The van der Waals surface area contributed by atoms with Gasteiger partial charge in [0.1, 0.15) is 6.04 Å². The molecule has 0 spiro atoms. The van der Waals surface area contributed by atoms with Crippen LogP contribution in [0.4, 0.5) is 0 Å². The standard InChI is InChI=1S/C14H19NO4/c1-9(2)12(14(16)17-3)15-7-10-5-4-6-11-13(10)19-8-18-11/h4-6,9,12,15H,7-8H2,1-3H3/t12-/m0/s1. The minimum Gasteiger partial charge on any atom is -0.468 e. The quantitative estimate of drug-likeness (QED) is 0.821. The van der Waals surface area contributed by atoms with Gasteiger partial charge in [0.05, 0.1) is 7.11 Å². The normalized spacial score (nSPS) is 14.5. The van der Waals surface area contributed by atoms with Crippen molar-refractivity contribution >= 4 is 5.97 Å². The zero-order valence-corrected chi connectivity index (χ0v) is 11.4. The molecular weight excluding hydrogens is 246 g/mol. The average Bonchev–Trinajstić information content (AvgIpc) is 2.87. The minimum absolute atomic E-state index is 0.154. The first-order valence-corrected chi connectivity index (χ1v) is 6.32. The monoisotopic (exact) mass is 265 g/mol. The summed E-state index contributed by atoms with van der Waals surface area (Å²) in [5.41, 5.74) is 0.976. The number of esters is 1. The summed E-state index contributed by atoms with van der Waals surface area (Å²) in [5, 5.41) is 3.21. The van der Waals surface area contributed by atoms with E-state index in [4.69, 9.17) is 14.2 Å². The molecule has 1 aromatic rings. The lowest BCUT2D eigenvalue weighted by Crippen LogP contribution is -2.41. The van der Waals surface area contributed by atoms with Crippen LogP contribution in [0.2, 0.25) is 0 Å². The molecule has 0 aliphatic carbocycles. The fourth-order valence-corrected chi connectivity index (χ4v) is 2.07. The average molecular weight is 265 g/mol. The number of hydrogen-bond donors (Lipinski definition) is 1. The predicted molar refractivity (Wildman–Crippen MR) is 70.0 cm³/mol. The van der Waals surface area contributed by atoms with Crippen molar-refractivity contribution in [1.82, 2.24) is 5.32 Å². The fraction of sp³-hybridized carbons (Fsp3) is 0.500.